The van der Waals surface area contributed by atoms with E-state index in [-0.39, 0.29) is 30.5 Å². The fourth-order valence-electron chi connectivity index (χ4n) is 4.69. The number of pyridine rings is 1. The smallest absolute Gasteiger partial charge is 0.339 e. The number of para-hydroxylation sites is 1. The van der Waals surface area contributed by atoms with Crippen LogP contribution in [0.1, 0.15) is 48.0 Å². The zero-order valence-electron chi connectivity index (χ0n) is 23.1. The van der Waals surface area contributed by atoms with Crippen molar-refractivity contribution in [2.75, 3.05) is 23.8 Å². The van der Waals surface area contributed by atoms with Crippen molar-refractivity contribution in [3.63, 3.8) is 0 Å². The lowest BCUT2D eigenvalue weighted by Gasteiger charge is -2.26. The number of carbonyl (C=O) groups excluding carboxylic acids is 2. The summed E-state index contributed by atoms with van der Waals surface area (Å²) in [5, 5.41) is 0.627. The van der Waals surface area contributed by atoms with E-state index in [1.165, 1.54) is 9.47 Å². The number of nitrogens with zero attached hydrogens (tertiary/aromatic N) is 3. The standard InChI is InChI=1S/C30H33N5O5/c1-5-22-19(4)25(21-13-9-10-14-23(21)32-22)29(38)40-17-24(36)34(15-18(2)3)26-27(31)35(30(39)33-28(26)37)16-20-11-7-6-8-12-20/h6-14,18H,5,15-17,31H2,1-4H3,(H,33,37,39). The minimum Gasteiger partial charge on any atom is -0.452 e. The molecule has 10 heteroatoms. The molecule has 1 amide bonds. The highest BCUT2D eigenvalue weighted by Crippen LogP contribution is 2.25. The molecule has 0 aliphatic carbocycles. The van der Waals surface area contributed by atoms with E-state index in [1.807, 2.05) is 63.2 Å². The van der Waals surface area contributed by atoms with E-state index < -0.39 is 29.7 Å². The zero-order chi connectivity index (χ0) is 29.0. The molecule has 2 aromatic heterocycles. The van der Waals surface area contributed by atoms with Crippen LogP contribution in [0.5, 0.6) is 0 Å². The average molecular weight is 544 g/mol. The molecule has 0 unspecified atom stereocenters. The first-order valence-electron chi connectivity index (χ1n) is 13.1. The number of H-pyrrole nitrogens is 1. The molecule has 2 aromatic carbocycles. The van der Waals surface area contributed by atoms with Crippen molar-refractivity contribution in [2.24, 2.45) is 5.92 Å². The average Bonchev–Trinajstić information content (AvgIpc) is 2.93. The van der Waals surface area contributed by atoms with Crippen molar-refractivity contribution in [3.8, 4) is 0 Å². The highest BCUT2D eigenvalue weighted by atomic mass is 16.5. The van der Waals surface area contributed by atoms with Gasteiger partial charge < -0.3 is 15.4 Å². The number of aromatic amines is 1. The Kier molecular flexibility index (Phi) is 8.47. The number of rotatable bonds is 9. The van der Waals surface area contributed by atoms with Gasteiger partial charge in [0.15, 0.2) is 12.3 Å². The molecule has 0 radical (unpaired) electrons. The number of nitrogen functional groups attached to an aromatic ring is 1. The van der Waals surface area contributed by atoms with Crippen LogP contribution >= 0.6 is 0 Å². The number of hydrogen-bond acceptors (Lipinski definition) is 7. The van der Waals surface area contributed by atoms with Gasteiger partial charge in [-0.3, -0.25) is 24.1 Å². The first kappa shape index (κ1) is 28.3. The number of esters is 1. The summed E-state index contributed by atoms with van der Waals surface area (Å²) >= 11 is 0. The van der Waals surface area contributed by atoms with Crippen LogP contribution in [0.2, 0.25) is 0 Å². The van der Waals surface area contributed by atoms with Crippen molar-refractivity contribution < 1.29 is 14.3 Å². The second-order valence-corrected chi connectivity index (χ2v) is 9.97. The number of nitrogens with two attached hydrogens (primary N) is 1. The Morgan fingerprint density at radius 2 is 1.75 bits per heavy atom. The molecule has 4 rings (SSSR count). The summed E-state index contributed by atoms with van der Waals surface area (Å²) in [6, 6.07) is 16.4. The van der Waals surface area contributed by atoms with E-state index in [2.05, 4.69) is 9.97 Å². The van der Waals surface area contributed by atoms with E-state index in [9.17, 15) is 19.2 Å². The Hall–Kier alpha value is -4.73. The lowest BCUT2D eigenvalue weighted by molar-refractivity contribution is -0.121. The van der Waals surface area contributed by atoms with Crippen molar-refractivity contribution in [1.29, 1.82) is 0 Å². The van der Waals surface area contributed by atoms with Crippen LogP contribution in [0, 0.1) is 12.8 Å². The summed E-state index contributed by atoms with van der Waals surface area (Å²) in [4.78, 5) is 60.5. The van der Waals surface area contributed by atoms with Crippen LogP contribution in [0.3, 0.4) is 0 Å². The van der Waals surface area contributed by atoms with Gasteiger partial charge in [-0.15, -0.1) is 0 Å². The van der Waals surface area contributed by atoms with Crippen LogP contribution in [0.15, 0.2) is 64.2 Å². The number of carbonyl (C=O) groups is 2. The molecule has 0 aliphatic rings. The van der Waals surface area contributed by atoms with Crippen molar-refractivity contribution in [3.05, 3.63) is 97.8 Å². The van der Waals surface area contributed by atoms with E-state index in [1.54, 1.807) is 19.1 Å². The van der Waals surface area contributed by atoms with Crippen LogP contribution in [0.4, 0.5) is 11.5 Å². The fraction of sp³-hybridized carbons (Fsp3) is 0.300. The molecule has 0 saturated carbocycles. The van der Waals surface area contributed by atoms with E-state index in [0.29, 0.717) is 28.5 Å². The minimum absolute atomic E-state index is 0.0635. The van der Waals surface area contributed by atoms with Gasteiger partial charge in [0.2, 0.25) is 0 Å². The van der Waals surface area contributed by atoms with Crippen molar-refractivity contribution in [1.82, 2.24) is 14.5 Å². The van der Waals surface area contributed by atoms with Gasteiger partial charge in [0.1, 0.15) is 5.82 Å². The molecule has 0 spiro atoms. The van der Waals surface area contributed by atoms with Gasteiger partial charge >= 0.3 is 11.7 Å². The predicted octanol–water partition coefficient (Wildman–Crippen LogP) is 3.43. The van der Waals surface area contributed by atoms with Gasteiger partial charge in [-0.25, -0.2) is 9.59 Å². The number of amides is 1. The predicted molar refractivity (Wildman–Crippen MR) is 155 cm³/mol. The Morgan fingerprint density at radius 3 is 2.42 bits per heavy atom. The topological polar surface area (TPSA) is 140 Å². The number of aryl methyl sites for hydroxylation is 1. The van der Waals surface area contributed by atoms with Crippen LogP contribution in [0.25, 0.3) is 10.9 Å². The van der Waals surface area contributed by atoms with Gasteiger partial charge in [0.05, 0.1) is 17.6 Å². The Labute approximate surface area is 231 Å². The van der Waals surface area contributed by atoms with E-state index >= 15 is 0 Å². The number of benzene rings is 2. The van der Waals surface area contributed by atoms with E-state index in [4.69, 9.17) is 10.5 Å². The molecule has 208 valence electrons. The number of hydrogen-bond donors (Lipinski definition) is 2. The third-order valence-corrected chi connectivity index (χ3v) is 6.62. The molecule has 0 fully saturated rings. The van der Waals surface area contributed by atoms with Crippen LogP contribution < -0.4 is 21.9 Å². The van der Waals surface area contributed by atoms with Crippen LogP contribution in [-0.4, -0.2) is 39.6 Å². The fourth-order valence-corrected chi connectivity index (χ4v) is 4.69. The van der Waals surface area contributed by atoms with Gasteiger partial charge in [-0.05, 0) is 36.5 Å². The highest BCUT2D eigenvalue weighted by molar-refractivity contribution is 6.06. The maximum Gasteiger partial charge on any atom is 0.339 e. The summed E-state index contributed by atoms with van der Waals surface area (Å²) < 4.78 is 6.72. The number of aromatic nitrogens is 3. The minimum atomic E-state index is -0.796. The molecule has 0 atom stereocenters. The summed E-state index contributed by atoms with van der Waals surface area (Å²) in [5.41, 5.74) is 7.94. The molecular formula is C30H33N5O5. The second-order valence-electron chi connectivity index (χ2n) is 9.97. The van der Waals surface area contributed by atoms with Gasteiger partial charge in [0, 0.05) is 17.6 Å². The summed E-state index contributed by atoms with van der Waals surface area (Å²) in [7, 11) is 0. The maximum absolute atomic E-state index is 13.5. The van der Waals surface area contributed by atoms with Crippen molar-refractivity contribution in [2.45, 2.75) is 40.7 Å². The quantitative estimate of drug-likeness (QED) is 0.308. The number of anilines is 2. The van der Waals surface area contributed by atoms with Crippen LogP contribution in [-0.2, 0) is 22.5 Å². The second kappa shape index (κ2) is 12.0. The zero-order valence-corrected chi connectivity index (χ0v) is 23.1. The van der Waals surface area contributed by atoms with E-state index in [0.717, 1.165) is 11.3 Å². The molecule has 3 N–H and O–H groups in total. The molecule has 0 bridgehead atoms. The largest absolute Gasteiger partial charge is 0.452 e. The molecule has 10 nitrogen and oxygen atoms in total. The van der Waals surface area contributed by atoms with Gasteiger partial charge in [-0.2, -0.15) is 0 Å². The maximum atomic E-state index is 13.5. The third kappa shape index (κ3) is 5.80. The summed E-state index contributed by atoms with van der Waals surface area (Å²) in [6.07, 6.45) is 0.624. The number of fused-ring (bicyclic) bond motifs is 1. The molecule has 0 aliphatic heterocycles. The highest BCUT2D eigenvalue weighted by Gasteiger charge is 2.27. The Balaban J connectivity index is 1.66. The van der Waals surface area contributed by atoms with Gasteiger partial charge in [-0.1, -0.05) is 69.3 Å². The SMILES string of the molecule is CCc1nc2ccccc2c(C(=O)OCC(=O)N(CC(C)C)c2c(N)n(Cc3ccccc3)c(=O)[nH]c2=O)c1C. The molecule has 40 heavy (non-hydrogen) atoms. The first-order chi connectivity index (χ1) is 19.1. The summed E-state index contributed by atoms with van der Waals surface area (Å²) in [5.74, 6) is -1.52. The third-order valence-electron chi connectivity index (χ3n) is 6.62. The monoisotopic (exact) mass is 543 g/mol. The molecular weight excluding hydrogens is 510 g/mol. The van der Waals surface area contributed by atoms with Gasteiger partial charge in [0.25, 0.3) is 11.5 Å². The first-order valence-corrected chi connectivity index (χ1v) is 13.1. The normalized spacial score (nSPS) is 11.1. The lowest BCUT2D eigenvalue weighted by Crippen LogP contribution is -2.44. The Bertz CT molecular complexity index is 1670. The molecule has 4 aromatic rings. The molecule has 0 saturated heterocycles. The molecule has 2 heterocycles. The number of ether oxygens (including phenoxy) is 1. The summed E-state index contributed by atoms with van der Waals surface area (Å²) in [6.45, 7) is 7.08. The number of nitrogens with one attached hydrogen (secondary N) is 1. The Morgan fingerprint density at radius 1 is 1.07 bits per heavy atom. The van der Waals surface area contributed by atoms with Crippen molar-refractivity contribution >= 4 is 34.3 Å². The lowest BCUT2D eigenvalue weighted by atomic mass is 10.0.